The second kappa shape index (κ2) is 8.51. The van der Waals surface area contributed by atoms with Crippen molar-refractivity contribution in [1.29, 1.82) is 0 Å². The number of carbonyl (C=O) groups is 2. The van der Waals surface area contributed by atoms with Gasteiger partial charge in [-0.3, -0.25) is 14.3 Å². The van der Waals surface area contributed by atoms with Crippen LogP contribution in [-0.2, 0) is 11.3 Å². The quantitative estimate of drug-likeness (QED) is 0.778. The van der Waals surface area contributed by atoms with Crippen molar-refractivity contribution in [2.45, 2.75) is 19.4 Å². The van der Waals surface area contributed by atoms with Crippen molar-refractivity contribution in [3.05, 3.63) is 46.5 Å². The normalized spacial score (nSPS) is 14.5. The molecule has 0 unspecified atom stereocenters. The Labute approximate surface area is 161 Å². The summed E-state index contributed by atoms with van der Waals surface area (Å²) >= 11 is 12.2. The van der Waals surface area contributed by atoms with Crippen molar-refractivity contribution < 1.29 is 9.59 Å². The smallest absolute Gasteiger partial charge is 0.257 e. The van der Waals surface area contributed by atoms with Gasteiger partial charge >= 0.3 is 0 Å². The van der Waals surface area contributed by atoms with Gasteiger partial charge in [-0.05, 0) is 18.6 Å². The molecule has 0 radical (unpaired) electrons. The second-order valence-corrected chi connectivity index (χ2v) is 6.85. The third-order valence-corrected chi connectivity index (χ3v) is 4.97. The van der Waals surface area contributed by atoms with Gasteiger partial charge < -0.3 is 9.80 Å². The zero-order valence-corrected chi connectivity index (χ0v) is 15.7. The van der Waals surface area contributed by atoms with Gasteiger partial charge in [-0.1, -0.05) is 29.3 Å². The Morgan fingerprint density at radius 3 is 2.31 bits per heavy atom. The maximum Gasteiger partial charge on any atom is 0.257 e. The Balaban J connectivity index is 1.49. The highest BCUT2D eigenvalue weighted by Crippen LogP contribution is 2.26. The third kappa shape index (κ3) is 4.34. The molecule has 2 heterocycles. The summed E-state index contributed by atoms with van der Waals surface area (Å²) in [6, 6.07) is 5.00. The fourth-order valence-electron chi connectivity index (χ4n) is 2.92. The molecule has 0 spiro atoms. The van der Waals surface area contributed by atoms with Gasteiger partial charge in [0, 0.05) is 39.1 Å². The number of hydrogen-bond acceptors (Lipinski definition) is 4. The number of carbonyl (C=O) groups excluding carboxylic acids is 2. The van der Waals surface area contributed by atoms with E-state index in [9.17, 15) is 9.59 Å². The van der Waals surface area contributed by atoms with Crippen molar-refractivity contribution in [1.82, 2.24) is 24.6 Å². The number of benzene rings is 1. The molecule has 1 aromatic carbocycles. The molecule has 26 heavy (non-hydrogen) atoms. The van der Waals surface area contributed by atoms with Gasteiger partial charge in [-0.25, -0.2) is 4.98 Å². The largest absolute Gasteiger partial charge is 0.339 e. The topological polar surface area (TPSA) is 71.3 Å². The molecule has 0 saturated carbocycles. The molecule has 7 nitrogen and oxygen atoms in total. The average molecular weight is 396 g/mol. The predicted octanol–water partition coefficient (Wildman–Crippen LogP) is 2.35. The number of nitrogens with zero attached hydrogens (tertiary/aromatic N) is 5. The highest BCUT2D eigenvalue weighted by Gasteiger charge is 2.26. The van der Waals surface area contributed by atoms with Crippen LogP contribution >= 0.6 is 23.2 Å². The van der Waals surface area contributed by atoms with Crippen LogP contribution in [0.1, 0.15) is 23.2 Å². The molecule has 0 atom stereocenters. The van der Waals surface area contributed by atoms with Crippen LogP contribution in [0, 0.1) is 0 Å². The second-order valence-electron chi connectivity index (χ2n) is 6.03. The Morgan fingerprint density at radius 1 is 1.04 bits per heavy atom. The van der Waals surface area contributed by atoms with E-state index in [1.165, 1.54) is 6.33 Å². The molecule has 0 N–H and O–H groups in total. The van der Waals surface area contributed by atoms with Crippen LogP contribution < -0.4 is 0 Å². The van der Waals surface area contributed by atoms with E-state index < -0.39 is 0 Å². The lowest BCUT2D eigenvalue weighted by Gasteiger charge is -2.35. The van der Waals surface area contributed by atoms with E-state index in [1.54, 1.807) is 39.0 Å². The summed E-state index contributed by atoms with van der Waals surface area (Å²) in [6.45, 7) is 2.62. The first-order chi connectivity index (χ1) is 12.6. The lowest BCUT2D eigenvalue weighted by Crippen LogP contribution is -2.50. The number of hydrogen-bond donors (Lipinski definition) is 0. The number of rotatable bonds is 5. The van der Waals surface area contributed by atoms with Crippen molar-refractivity contribution in [2.24, 2.45) is 0 Å². The van der Waals surface area contributed by atoms with E-state index in [1.807, 2.05) is 0 Å². The molecule has 1 aliphatic rings. The minimum Gasteiger partial charge on any atom is -0.339 e. The molecule has 9 heteroatoms. The van der Waals surface area contributed by atoms with Crippen LogP contribution in [-0.4, -0.2) is 62.6 Å². The van der Waals surface area contributed by atoms with Gasteiger partial charge in [0.25, 0.3) is 5.91 Å². The number of halogens is 2. The van der Waals surface area contributed by atoms with Gasteiger partial charge in [0.05, 0.1) is 15.6 Å². The lowest BCUT2D eigenvalue weighted by atomic mass is 10.1. The van der Waals surface area contributed by atoms with E-state index >= 15 is 0 Å². The summed E-state index contributed by atoms with van der Waals surface area (Å²) in [4.78, 5) is 32.3. The van der Waals surface area contributed by atoms with Crippen LogP contribution in [0.5, 0.6) is 0 Å². The number of aryl methyl sites for hydroxylation is 1. The molecule has 1 fully saturated rings. The summed E-state index contributed by atoms with van der Waals surface area (Å²) < 4.78 is 1.71. The highest BCUT2D eigenvalue weighted by atomic mass is 35.5. The van der Waals surface area contributed by atoms with Gasteiger partial charge in [-0.15, -0.1) is 0 Å². The van der Waals surface area contributed by atoms with Gasteiger partial charge in [0.15, 0.2) is 0 Å². The number of aromatic nitrogens is 3. The van der Waals surface area contributed by atoms with Crippen LogP contribution in [0.25, 0.3) is 0 Å². The maximum atomic E-state index is 12.7. The lowest BCUT2D eigenvalue weighted by molar-refractivity contribution is -0.132. The van der Waals surface area contributed by atoms with Gasteiger partial charge in [-0.2, -0.15) is 5.10 Å². The standard InChI is InChI=1S/C17H19Cl2N5O2/c18-13-3-1-4-14(19)16(13)17(26)23-9-7-22(8-10-23)15(25)5-2-6-24-12-20-11-21-24/h1,3-4,11-12H,2,5-10H2. The third-order valence-electron chi connectivity index (χ3n) is 4.34. The molecule has 138 valence electrons. The van der Waals surface area contributed by atoms with E-state index in [4.69, 9.17) is 23.2 Å². The zero-order valence-electron chi connectivity index (χ0n) is 14.1. The predicted molar refractivity (Wildman–Crippen MR) is 98.2 cm³/mol. The highest BCUT2D eigenvalue weighted by molar-refractivity contribution is 6.39. The fourth-order valence-corrected chi connectivity index (χ4v) is 3.48. The Kier molecular flexibility index (Phi) is 6.11. The summed E-state index contributed by atoms with van der Waals surface area (Å²) in [5.74, 6) is -0.105. The molecule has 0 aliphatic carbocycles. The summed E-state index contributed by atoms with van der Waals surface area (Å²) in [5.41, 5.74) is 0.323. The van der Waals surface area contributed by atoms with Crippen LogP contribution in [0.2, 0.25) is 10.0 Å². The zero-order chi connectivity index (χ0) is 18.5. The van der Waals surface area contributed by atoms with E-state index in [0.29, 0.717) is 61.2 Å². The van der Waals surface area contributed by atoms with Crippen LogP contribution in [0.4, 0.5) is 0 Å². The van der Waals surface area contributed by atoms with Gasteiger partial charge in [0.2, 0.25) is 5.91 Å². The summed E-state index contributed by atoms with van der Waals surface area (Å²) in [6.07, 6.45) is 4.26. The van der Waals surface area contributed by atoms with Crippen LogP contribution in [0.3, 0.4) is 0 Å². The molecule has 2 aromatic rings. The van der Waals surface area contributed by atoms with E-state index in [-0.39, 0.29) is 11.8 Å². The first kappa shape index (κ1) is 18.7. The number of amides is 2. The molecular formula is C17H19Cl2N5O2. The first-order valence-electron chi connectivity index (χ1n) is 8.39. The Morgan fingerprint density at radius 2 is 1.69 bits per heavy atom. The number of piperazine rings is 1. The molecular weight excluding hydrogens is 377 g/mol. The average Bonchev–Trinajstić information content (AvgIpc) is 3.15. The van der Waals surface area contributed by atoms with Gasteiger partial charge in [0.1, 0.15) is 12.7 Å². The molecule has 1 aromatic heterocycles. The molecule has 1 saturated heterocycles. The van der Waals surface area contributed by atoms with Crippen molar-refractivity contribution in [3.63, 3.8) is 0 Å². The van der Waals surface area contributed by atoms with E-state index in [2.05, 4.69) is 10.1 Å². The summed E-state index contributed by atoms with van der Waals surface area (Å²) in [7, 11) is 0. The molecule has 2 amide bonds. The minimum atomic E-state index is -0.195. The SMILES string of the molecule is O=C(CCCn1cncn1)N1CCN(C(=O)c2c(Cl)cccc2Cl)CC1. The Hall–Kier alpha value is -2.12. The van der Waals surface area contributed by atoms with E-state index in [0.717, 1.165) is 0 Å². The van der Waals surface area contributed by atoms with Crippen molar-refractivity contribution in [2.75, 3.05) is 26.2 Å². The Bertz CT molecular complexity index is 753. The van der Waals surface area contributed by atoms with Crippen molar-refractivity contribution in [3.8, 4) is 0 Å². The monoisotopic (exact) mass is 395 g/mol. The van der Waals surface area contributed by atoms with Crippen LogP contribution in [0.15, 0.2) is 30.9 Å². The van der Waals surface area contributed by atoms with Crippen molar-refractivity contribution >= 4 is 35.0 Å². The molecule has 1 aliphatic heterocycles. The first-order valence-corrected chi connectivity index (χ1v) is 9.15. The maximum absolute atomic E-state index is 12.7. The molecule has 3 rings (SSSR count). The fraction of sp³-hybridized carbons (Fsp3) is 0.412. The summed E-state index contributed by atoms with van der Waals surface area (Å²) in [5, 5.41) is 4.70. The molecule has 0 bridgehead atoms. The minimum absolute atomic E-state index is 0.0907.